The zero-order valence-electron chi connectivity index (χ0n) is 10.8. The van der Waals surface area contributed by atoms with Gasteiger partial charge in [0.05, 0.1) is 19.4 Å². The molecule has 0 fully saturated rings. The fourth-order valence-corrected chi connectivity index (χ4v) is 2.36. The van der Waals surface area contributed by atoms with Crippen LogP contribution >= 0.6 is 11.8 Å². The molecule has 2 rings (SSSR count). The van der Waals surface area contributed by atoms with E-state index in [0.717, 1.165) is 11.5 Å². The summed E-state index contributed by atoms with van der Waals surface area (Å²) < 4.78 is 10.8. The zero-order chi connectivity index (χ0) is 13.5. The number of rotatable bonds is 6. The van der Waals surface area contributed by atoms with Gasteiger partial charge in [0.15, 0.2) is 0 Å². The molecule has 3 nitrogen and oxygen atoms in total. The van der Waals surface area contributed by atoms with Crippen LogP contribution in [0.2, 0.25) is 0 Å². The summed E-state index contributed by atoms with van der Waals surface area (Å²) in [5.41, 5.74) is 6.48. The lowest BCUT2D eigenvalue weighted by atomic mass is 10.3. The second-order valence-electron chi connectivity index (χ2n) is 3.91. The van der Waals surface area contributed by atoms with Gasteiger partial charge in [-0.25, -0.2) is 0 Å². The maximum absolute atomic E-state index is 5.88. The zero-order valence-corrected chi connectivity index (χ0v) is 11.7. The standard InChI is InChI=1S/C15H17NO2S/c1-17-12-7-8-15(14(16)11-12)18-9-10-19-13-5-3-2-4-6-13/h2-8,11H,9-10,16H2,1H3. The number of nitrogen functional groups attached to an aromatic ring is 1. The highest BCUT2D eigenvalue weighted by molar-refractivity contribution is 7.99. The summed E-state index contributed by atoms with van der Waals surface area (Å²) >= 11 is 1.76. The smallest absolute Gasteiger partial charge is 0.142 e. The monoisotopic (exact) mass is 275 g/mol. The van der Waals surface area contributed by atoms with Crippen molar-refractivity contribution in [1.82, 2.24) is 0 Å². The van der Waals surface area contributed by atoms with E-state index in [1.165, 1.54) is 4.90 Å². The number of anilines is 1. The topological polar surface area (TPSA) is 44.5 Å². The van der Waals surface area contributed by atoms with Gasteiger partial charge >= 0.3 is 0 Å². The molecule has 4 heteroatoms. The van der Waals surface area contributed by atoms with E-state index in [0.29, 0.717) is 18.0 Å². The summed E-state index contributed by atoms with van der Waals surface area (Å²) in [6.45, 7) is 0.621. The van der Waals surface area contributed by atoms with Crippen LogP contribution in [0.5, 0.6) is 11.5 Å². The molecule has 0 radical (unpaired) electrons. The highest BCUT2D eigenvalue weighted by Crippen LogP contribution is 2.26. The van der Waals surface area contributed by atoms with Crippen molar-refractivity contribution in [2.24, 2.45) is 0 Å². The molecule has 2 aromatic carbocycles. The molecular formula is C15H17NO2S. The van der Waals surface area contributed by atoms with Crippen molar-refractivity contribution in [1.29, 1.82) is 0 Å². The molecule has 0 aliphatic rings. The normalized spacial score (nSPS) is 10.2. The van der Waals surface area contributed by atoms with E-state index in [-0.39, 0.29) is 0 Å². The number of hydrogen-bond donors (Lipinski definition) is 1. The van der Waals surface area contributed by atoms with Gasteiger partial charge in [-0.1, -0.05) is 18.2 Å². The van der Waals surface area contributed by atoms with E-state index in [2.05, 4.69) is 12.1 Å². The number of ether oxygens (including phenoxy) is 2. The molecule has 0 spiro atoms. The fourth-order valence-electron chi connectivity index (χ4n) is 1.61. The Bertz CT molecular complexity index is 517. The Morgan fingerprint density at radius 3 is 2.58 bits per heavy atom. The largest absolute Gasteiger partial charge is 0.497 e. The van der Waals surface area contributed by atoms with Crippen LogP contribution in [0.4, 0.5) is 5.69 Å². The molecule has 0 bridgehead atoms. The molecule has 0 aliphatic heterocycles. The van der Waals surface area contributed by atoms with Crippen LogP contribution in [0.15, 0.2) is 53.4 Å². The van der Waals surface area contributed by atoms with Gasteiger partial charge < -0.3 is 15.2 Å². The van der Waals surface area contributed by atoms with Gasteiger partial charge in [-0.05, 0) is 24.3 Å². The maximum Gasteiger partial charge on any atom is 0.142 e. The van der Waals surface area contributed by atoms with Gasteiger partial charge in [0.25, 0.3) is 0 Å². The van der Waals surface area contributed by atoms with Crippen molar-refractivity contribution < 1.29 is 9.47 Å². The Labute approximate surface area is 117 Å². The number of thioether (sulfide) groups is 1. The highest BCUT2D eigenvalue weighted by Gasteiger charge is 2.02. The third-order valence-corrected chi connectivity index (χ3v) is 3.55. The van der Waals surface area contributed by atoms with Gasteiger partial charge in [-0.2, -0.15) is 0 Å². The summed E-state index contributed by atoms with van der Waals surface area (Å²) in [7, 11) is 1.62. The first kappa shape index (κ1) is 13.6. The molecule has 2 N–H and O–H groups in total. The molecule has 0 heterocycles. The quantitative estimate of drug-likeness (QED) is 0.498. The van der Waals surface area contributed by atoms with Gasteiger partial charge in [0.2, 0.25) is 0 Å². The molecule has 0 aromatic heterocycles. The van der Waals surface area contributed by atoms with E-state index in [1.807, 2.05) is 30.3 Å². The molecule has 19 heavy (non-hydrogen) atoms. The fraction of sp³-hybridized carbons (Fsp3) is 0.200. The Morgan fingerprint density at radius 1 is 1.11 bits per heavy atom. The Balaban J connectivity index is 1.80. The molecule has 0 aliphatic carbocycles. The molecule has 2 aromatic rings. The van der Waals surface area contributed by atoms with Crippen LogP contribution in [0.3, 0.4) is 0 Å². The van der Waals surface area contributed by atoms with Gasteiger partial charge in [-0.15, -0.1) is 11.8 Å². The molecule has 0 amide bonds. The number of hydrogen-bond acceptors (Lipinski definition) is 4. The van der Waals surface area contributed by atoms with Crippen molar-refractivity contribution in [2.75, 3.05) is 25.2 Å². The average molecular weight is 275 g/mol. The van der Waals surface area contributed by atoms with Gasteiger partial charge in [0.1, 0.15) is 11.5 Å². The molecule has 0 saturated heterocycles. The van der Waals surface area contributed by atoms with Crippen LogP contribution in [-0.2, 0) is 0 Å². The molecule has 0 saturated carbocycles. The Kier molecular flexibility index (Phi) is 4.98. The van der Waals surface area contributed by atoms with Crippen LogP contribution in [0.1, 0.15) is 0 Å². The van der Waals surface area contributed by atoms with Crippen LogP contribution in [0, 0.1) is 0 Å². The minimum Gasteiger partial charge on any atom is -0.497 e. The second kappa shape index (κ2) is 6.95. The Hall–Kier alpha value is -1.81. The summed E-state index contributed by atoms with van der Waals surface area (Å²) in [6, 6.07) is 15.7. The summed E-state index contributed by atoms with van der Waals surface area (Å²) in [6.07, 6.45) is 0. The number of nitrogens with two attached hydrogens (primary N) is 1. The van der Waals surface area contributed by atoms with Crippen molar-refractivity contribution in [2.45, 2.75) is 4.90 Å². The lowest BCUT2D eigenvalue weighted by molar-refractivity contribution is 0.344. The maximum atomic E-state index is 5.88. The van der Waals surface area contributed by atoms with Crippen LogP contribution < -0.4 is 15.2 Å². The highest BCUT2D eigenvalue weighted by atomic mass is 32.2. The first-order valence-electron chi connectivity index (χ1n) is 6.04. The van der Waals surface area contributed by atoms with Crippen LogP contribution in [0.25, 0.3) is 0 Å². The Morgan fingerprint density at radius 2 is 1.89 bits per heavy atom. The third-order valence-electron chi connectivity index (χ3n) is 2.57. The minimum absolute atomic E-state index is 0.601. The molecule has 100 valence electrons. The number of methoxy groups -OCH3 is 1. The first-order valence-corrected chi connectivity index (χ1v) is 7.02. The molecule has 0 unspecified atom stereocenters. The first-order chi connectivity index (χ1) is 9.29. The second-order valence-corrected chi connectivity index (χ2v) is 5.08. The van der Waals surface area contributed by atoms with Crippen molar-refractivity contribution >= 4 is 17.4 Å². The van der Waals surface area contributed by atoms with E-state index >= 15 is 0 Å². The van der Waals surface area contributed by atoms with Crippen molar-refractivity contribution in [3.05, 3.63) is 48.5 Å². The SMILES string of the molecule is COc1ccc(OCCSc2ccccc2)c(N)c1. The predicted octanol–water partition coefficient (Wildman–Crippen LogP) is 3.45. The van der Waals surface area contributed by atoms with Gasteiger partial charge in [0, 0.05) is 16.7 Å². The average Bonchev–Trinajstić information content (AvgIpc) is 2.46. The summed E-state index contributed by atoms with van der Waals surface area (Å²) in [5.74, 6) is 2.33. The van der Waals surface area contributed by atoms with Crippen molar-refractivity contribution in [3.8, 4) is 11.5 Å². The van der Waals surface area contributed by atoms with E-state index in [9.17, 15) is 0 Å². The van der Waals surface area contributed by atoms with E-state index in [4.69, 9.17) is 15.2 Å². The lowest BCUT2D eigenvalue weighted by Crippen LogP contribution is -2.02. The van der Waals surface area contributed by atoms with Gasteiger partial charge in [-0.3, -0.25) is 0 Å². The molecule has 0 atom stereocenters. The third kappa shape index (κ3) is 4.10. The molecular weight excluding hydrogens is 258 g/mol. The van der Waals surface area contributed by atoms with Crippen molar-refractivity contribution in [3.63, 3.8) is 0 Å². The summed E-state index contributed by atoms with van der Waals surface area (Å²) in [5, 5.41) is 0. The predicted molar refractivity (Wildman–Crippen MR) is 80.1 cm³/mol. The lowest BCUT2D eigenvalue weighted by Gasteiger charge is -2.10. The summed E-state index contributed by atoms with van der Waals surface area (Å²) in [4.78, 5) is 1.24. The van der Waals surface area contributed by atoms with E-state index < -0.39 is 0 Å². The van der Waals surface area contributed by atoms with E-state index in [1.54, 1.807) is 24.9 Å². The van der Waals surface area contributed by atoms with Crippen LogP contribution in [-0.4, -0.2) is 19.5 Å². The number of benzene rings is 2. The minimum atomic E-state index is 0.601.